The van der Waals surface area contributed by atoms with E-state index in [-0.39, 0.29) is 6.61 Å². The van der Waals surface area contributed by atoms with Gasteiger partial charge in [-0.3, -0.25) is 0 Å². The average Bonchev–Trinajstić information content (AvgIpc) is 2.80. The van der Waals surface area contributed by atoms with E-state index in [2.05, 4.69) is 34.3 Å². The second kappa shape index (κ2) is 18.6. The van der Waals surface area contributed by atoms with E-state index in [1.54, 1.807) is 0 Å². The molecule has 0 heterocycles. The highest BCUT2D eigenvalue weighted by Crippen LogP contribution is 2.28. The molecule has 0 spiro atoms. The van der Waals surface area contributed by atoms with Gasteiger partial charge in [0.05, 0.1) is 25.4 Å². The lowest BCUT2D eigenvalue weighted by Gasteiger charge is -2.35. The van der Waals surface area contributed by atoms with Crippen LogP contribution in [0.2, 0.25) is 0 Å². The van der Waals surface area contributed by atoms with Gasteiger partial charge in [0.2, 0.25) is 0 Å². The number of carbonyl (C=O) groups is 1. The molecule has 0 bridgehead atoms. The summed E-state index contributed by atoms with van der Waals surface area (Å²) in [5.74, 6) is 0.121. The van der Waals surface area contributed by atoms with Crippen molar-refractivity contribution in [1.29, 1.82) is 0 Å². The lowest BCUT2D eigenvalue weighted by molar-refractivity contribution is -0.172. The lowest BCUT2D eigenvalue weighted by atomic mass is 9.89. The molecule has 0 saturated carbocycles. The van der Waals surface area contributed by atoms with Gasteiger partial charge >= 0.3 is 5.97 Å². The third kappa shape index (κ3) is 12.6. The van der Waals surface area contributed by atoms with E-state index in [9.17, 15) is 20.1 Å². The minimum Gasteiger partial charge on any atom is -0.454 e. The van der Waals surface area contributed by atoms with E-state index in [0.717, 1.165) is 57.4 Å². The van der Waals surface area contributed by atoms with Crippen molar-refractivity contribution in [2.24, 2.45) is 11.8 Å². The predicted octanol–water partition coefficient (Wildman–Crippen LogP) is 4.40. The number of esters is 1. The summed E-state index contributed by atoms with van der Waals surface area (Å²) >= 11 is 0. The Balaban J connectivity index is 5.61. The van der Waals surface area contributed by atoms with Gasteiger partial charge in [-0.1, -0.05) is 85.6 Å². The second-order valence-corrected chi connectivity index (χ2v) is 8.63. The summed E-state index contributed by atoms with van der Waals surface area (Å²) < 4.78 is 11.7. The maximum Gasteiger partial charge on any atom is 0.330 e. The van der Waals surface area contributed by atoms with Crippen LogP contribution in [0, 0.1) is 11.8 Å². The maximum atomic E-state index is 11.8. The number of rotatable bonds is 20. The van der Waals surface area contributed by atoms with Crippen LogP contribution in [0.5, 0.6) is 0 Å². The van der Waals surface area contributed by atoms with Crippen molar-refractivity contribution in [2.75, 3.05) is 13.2 Å². The van der Waals surface area contributed by atoms with Crippen molar-refractivity contribution >= 4 is 5.97 Å². The molecule has 0 fully saturated rings. The summed E-state index contributed by atoms with van der Waals surface area (Å²) in [6.07, 6.45) is 7.68. The van der Waals surface area contributed by atoms with Crippen molar-refractivity contribution < 1.29 is 29.6 Å². The summed E-state index contributed by atoms with van der Waals surface area (Å²) in [7, 11) is 0. The zero-order chi connectivity index (χ0) is 23.6. The fourth-order valence-corrected chi connectivity index (χ4v) is 3.99. The molecule has 6 heteroatoms. The van der Waals surface area contributed by atoms with E-state index in [1.807, 2.05) is 0 Å². The molecule has 0 radical (unpaired) electrons. The first-order chi connectivity index (χ1) is 14.9. The highest BCUT2D eigenvalue weighted by Gasteiger charge is 2.33. The number of unbranched alkanes of at least 4 members (excludes halogenated alkanes) is 2. The Bertz CT molecular complexity index is 455. The van der Waals surface area contributed by atoms with Crippen LogP contribution in [0.15, 0.2) is 12.7 Å². The standard InChI is InChI=1S/C25H48O6/c1-6-11-13-19(8-3)15-22(21(28)17-26)30-23(16-20(9-4)14-12-7-2)24(18-27)31-25(29)10-5/h10,19-24,26-28H,5-9,11-18H2,1-4H3. The van der Waals surface area contributed by atoms with Crippen LogP contribution < -0.4 is 0 Å². The molecule has 6 nitrogen and oxygen atoms in total. The van der Waals surface area contributed by atoms with Crippen LogP contribution in [0.3, 0.4) is 0 Å². The molecule has 6 atom stereocenters. The largest absolute Gasteiger partial charge is 0.454 e. The first kappa shape index (κ1) is 30.0. The van der Waals surface area contributed by atoms with Gasteiger partial charge in [-0.2, -0.15) is 0 Å². The van der Waals surface area contributed by atoms with Crippen LogP contribution >= 0.6 is 0 Å². The number of carbonyl (C=O) groups excluding carboxylic acids is 1. The molecular formula is C25H48O6. The van der Waals surface area contributed by atoms with E-state index in [0.29, 0.717) is 24.7 Å². The number of hydrogen-bond acceptors (Lipinski definition) is 6. The van der Waals surface area contributed by atoms with Crippen LogP contribution in [-0.2, 0) is 14.3 Å². The molecule has 0 amide bonds. The average molecular weight is 445 g/mol. The van der Waals surface area contributed by atoms with Gasteiger partial charge in [0.15, 0.2) is 6.10 Å². The Morgan fingerprint density at radius 1 is 0.871 bits per heavy atom. The second-order valence-electron chi connectivity index (χ2n) is 8.63. The van der Waals surface area contributed by atoms with Gasteiger partial charge in [-0.05, 0) is 24.7 Å². The fraction of sp³-hybridized carbons (Fsp3) is 0.880. The summed E-state index contributed by atoms with van der Waals surface area (Å²) in [5, 5.41) is 30.1. The minimum absolute atomic E-state index is 0.357. The first-order valence-corrected chi connectivity index (χ1v) is 12.3. The zero-order valence-electron chi connectivity index (χ0n) is 20.3. The predicted molar refractivity (Wildman–Crippen MR) is 125 cm³/mol. The summed E-state index contributed by atoms with van der Waals surface area (Å²) in [4.78, 5) is 11.8. The monoisotopic (exact) mass is 444 g/mol. The Morgan fingerprint density at radius 3 is 1.77 bits per heavy atom. The van der Waals surface area contributed by atoms with Crippen molar-refractivity contribution in [3.8, 4) is 0 Å². The molecule has 31 heavy (non-hydrogen) atoms. The van der Waals surface area contributed by atoms with Crippen LogP contribution in [0.4, 0.5) is 0 Å². The van der Waals surface area contributed by atoms with Gasteiger partial charge in [0.25, 0.3) is 0 Å². The van der Waals surface area contributed by atoms with E-state index < -0.39 is 37.0 Å². The Hall–Kier alpha value is -0.950. The molecule has 184 valence electrons. The first-order valence-electron chi connectivity index (χ1n) is 12.3. The molecule has 0 aromatic carbocycles. The van der Waals surface area contributed by atoms with Crippen molar-refractivity contribution in [3.63, 3.8) is 0 Å². The van der Waals surface area contributed by atoms with Crippen molar-refractivity contribution in [3.05, 3.63) is 12.7 Å². The van der Waals surface area contributed by atoms with E-state index in [4.69, 9.17) is 9.47 Å². The van der Waals surface area contributed by atoms with Gasteiger partial charge < -0.3 is 24.8 Å². The summed E-state index contributed by atoms with van der Waals surface area (Å²) in [5.41, 5.74) is 0. The molecular weight excluding hydrogens is 396 g/mol. The lowest BCUT2D eigenvalue weighted by Crippen LogP contribution is -2.44. The Morgan fingerprint density at radius 2 is 1.39 bits per heavy atom. The molecule has 0 aliphatic carbocycles. The topological polar surface area (TPSA) is 96.2 Å². The Kier molecular flexibility index (Phi) is 18.0. The van der Waals surface area contributed by atoms with Gasteiger partial charge in [-0.25, -0.2) is 4.79 Å². The molecule has 0 aliphatic rings. The third-order valence-corrected chi connectivity index (χ3v) is 6.21. The molecule has 3 N–H and O–H groups in total. The van der Waals surface area contributed by atoms with Gasteiger partial charge in [0.1, 0.15) is 6.10 Å². The highest BCUT2D eigenvalue weighted by atomic mass is 16.6. The minimum atomic E-state index is -1.02. The molecule has 0 saturated heterocycles. The molecule has 0 aromatic rings. The van der Waals surface area contributed by atoms with Crippen molar-refractivity contribution in [1.82, 2.24) is 0 Å². The Labute approximate surface area is 190 Å². The third-order valence-electron chi connectivity index (χ3n) is 6.21. The van der Waals surface area contributed by atoms with Crippen LogP contribution in [-0.4, -0.2) is 58.9 Å². The quantitative estimate of drug-likeness (QED) is 0.190. The molecule has 0 aromatic heterocycles. The molecule has 6 unspecified atom stereocenters. The normalized spacial score (nSPS) is 17.4. The SMILES string of the molecule is C=CC(=O)OC(CO)C(CC(CC)CCCC)OC(CC(CC)CCCC)C(O)CO. The van der Waals surface area contributed by atoms with Crippen molar-refractivity contribution in [2.45, 2.75) is 116 Å². The number of ether oxygens (including phenoxy) is 2. The smallest absolute Gasteiger partial charge is 0.330 e. The number of aliphatic hydroxyl groups excluding tert-OH is 3. The van der Waals surface area contributed by atoms with Crippen LogP contribution in [0.1, 0.15) is 91.9 Å². The fourth-order valence-electron chi connectivity index (χ4n) is 3.99. The highest BCUT2D eigenvalue weighted by molar-refractivity contribution is 5.81. The zero-order valence-corrected chi connectivity index (χ0v) is 20.3. The van der Waals surface area contributed by atoms with Crippen LogP contribution in [0.25, 0.3) is 0 Å². The van der Waals surface area contributed by atoms with E-state index in [1.165, 1.54) is 0 Å². The molecule has 0 aliphatic heterocycles. The molecule has 0 rings (SSSR count). The summed E-state index contributed by atoms with van der Waals surface area (Å²) in [6.45, 7) is 11.2. The summed E-state index contributed by atoms with van der Waals surface area (Å²) in [6, 6.07) is 0. The number of aliphatic hydroxyl groups is 3. The maximum absolute atomic E-state index is 11.8. The van der Waals surface area contributed by atoms with E-state index >= 15 is 0 Å². The number of hydrogen-bond donors (Lipinski definition) is 3. The van der Waals surface area contributed by atoms with Gasteiger partial charge in [0, 0.05) is 6.08 Å². The van der Waals surface area contributed by atoms with Gasteiger partial charge in [-0.15, -0.1) is 0 Å².